The molecule has 0 radical (unpaired) electrons. The summed E-state index contributed by atoms with van der Waals surface area (Å²) in [5.41, 5.74) is 8.61. The molecule has 0 saturated heterocycles. The predicted octanol–water partition coefficient (Wildman–Crippen LogP) is 8.28. The molecule has 0 unspecified atom stereocenters. The van der Waals surface area contributed by atoms with E-state index in [2.05, 4.69) is 47.1 Å². The van der Waals surface area contributed by atoms with Gasteiger partial charge in [-0.3, -0.25) is 9.78 Å². The van der Waals surface area contributed by atoms with Crippen LogP contribution in [0, 0.1) is 0 Å². The Balaban J connectivity index is 2.04. The summed E-state index contributed by atoms with van der Waals surface area (Å²) >= 11 is 0. The molecule has 0 bridgehead atoms. The Bertz CT molecular complexity index is 1120. The molecule has 0 aromatic heterocycles. The molecule has 6 nitrogen and oxygen atoms in total. The third-order valence-corrected chi connectivity index (χ3v) is 16.5. The highest BCUT2D eigenvalue weighted by Crippen LogP contribution is 2.17. The van der Waals surface area contributed by atoms with E-state index in [1.807, 2.05) is 47.1 Å². The number of unbranched alkanes of at least 4 members (excludes halogenated alkanes) is 6. The van der Waals surface area contributed by atoms with Crippen LogP contribution >= 0.6 is 0 Å². The van der Waals surface area contributed by atoms with Crippen molar-refractivity contribution in [2.24, 2.45) is 0 Å². The molecule has 0 aliphatic heterocycles. The molecule has 2 aromatic carbocycles. The fourth-order valence-electron chi connectivity index (χ4n) is 5.13. The number of hydrogen-bond donors (Lipinski definition) is 0. The molecule has 0 spiro atoms. The van der Waals surface area contributed by atoms with Crippen molar-refractivity contribution in [3.8, 4) is 0 Å². The van der Waals surface area contributed by atoms with Crippen molar-refractivity contribution >= 4 is 38.5 Å². The lowest BCUT2D eigenvalue weighted by Gasteiger charge is -2.23. The summed E-state index contributed by atoms with van der Waals surface area (Å²) in [5.74, 6) is -1.33. The maximum Gasteiger partial charge on any atom is 0.373 e. The quantitative estimate of drug-likeness (QED) is 0.0427. The normalized spacial score (nSPS) is 11.5. The number of hydrogen-bond acceptors (Lipinski definition) is 6. The number of carbonyl (C=O) groups excluding carboxylic acids is 2. The maximum absolute atomic E-state index is 12.8. The van der Waals surface area contributed by atoms with Gasteiger partial charge < -0.3 is 0 Å². The lowest BCUT2D eigenvalue weighted by atomic mass is 10.1. The predicted molar refractivity (Wildman–Crippen MR) is 185 cm³/mol. The van der Waals surface area contributed by atoms with Crippen LogP contribution in [0.15, 0.2) is 97.6 Å². The van der Waals surface area contributed by atoms with E-state index in [0.717, 1.165) is 48.1 Å². The van der Waals surface area contributed by atoms with E-state index in [1.54, 1.807) is 24.3 Å². The van der Waals surface area contributed by atoms with E-state index in [1.165, 1.54) is 19.3 Å². The molecule has 0 saturated carbocycles. The molecule has 2 aromatic rings. The van der Waals surface area contributed by atoms with Crippen molar-refractivity contribution in [1.82, 2.24) is 0 Å². The zero-order chi connectivity index (χ0) is 32.4. The first kappa shape index (κ1) is 36.9. The van der Waals surface area contributed by atoms with Crippen molar-refractivity contribution in [3.05, 3.63) is 109 Å². The smallest absolute Gasteiger partial charge is 0.290 e. The van der Waals surface area contributed by atoms with Gasteiger partial charge in [-0.25, -0.2) is 9.59 Å². The minimum Gasteiger partial charge on any atom is -0.290 e. The summed E-state index contributed by atoms with van der Waals surface area (Å²) in [5, 5.41) is 2.22. The third-order valence-electron chi connectivity index (χ3n) is 8.45. The van der Waals surface area contributed by atoms with E-state index in [-0.39, 0.29) is 0 Å². The molecule has 2 rings (SSSR count). The summed E-state index contributed by atoms with van der Waals surface area (Å²) in [4.78, 5) is 46.6. The average molecular weight is 635 g/mol. The molecule has 0 heterocycles. The van der Waals surface area contributed by atoms with Crippen LogP contribution in [-0.4, -0.2) is 34.4 Å². The van der Waals surface area contributed by atoms with Crippen LogP contribution in [0.25, 0.3) is 0 Å². The van der Waals surface area contributed by atoms with Gasteiger partial charge in [-0.1, -0.05) is 117 Å². The number of carbonyl (C=O) groups is 2. The molecule has 0 aliphatic rings. The van der Waals surface area contributed by atoms with Gasteiger partial charge in [0, 0.05) is 6.42 Å². The molecular weight excluding hydrogens is 585 g/mol. The third kappa shape index (κ3) is 10.1. The van der Waals surface area contributed by atoms with Gasteiger partial charge in [0.1, 0.15) is 16.1 Å². The minimum atomic E-state index is -2.02. The van der Waals surface area contributed by atoms with Gasteiger partial charge in [-0.2, -0.15) is 0 Å². The van der Waals surface area contributed by atoms with E-state index in [0.29, 0.717) is 17.5 Å². The number of rotatable bonds is 22. The second-order valence-electron chi connectivity index (χ2n) is 11.0. The Kier molecular flexibility index (Phi) is 16.1. The highest BCUT2D eigenvalue weighted by molar-refractivity contribution is 7.00. The zero-order valence-electron chi connectivity index (χ0n) is 26.9. The van der Waals surface area contributed by atoms with Crippen LogP contribution in [0.2, 0.25) is 12.1 Å². The summed E-state index contributed by atoms with van der Waals surface area (Å²) in [6.07, 6.45) is 6.92. The molecule has 44 heavy (non-hydrogen) atoms. The Labute approximate surface area is 266 Å². The molecule has 0 amide bonds. The molecule has 0 aliphatic carbocycles. The van der Waals surface area contributed by atoms with Crippen LogP contribution in [0.4, 0.5) is 0 Å². The highest BCUT2D eigenvalue weighted by Gasteiger charge is 2.28. The highest BCUT2D eigenvalue weighted by atomic mass is 28.3. The van der Waals surface area contributed by atoms with Crippen molar-refractivity contribution < 1.29 is 29.1 Å². The largest absolute Gasteiger partial charge is 0.373 e. The Morgan fingerprint density at radius 3 is 1.32 bits per heavy atom. The fourth-order valence-corrected chi connectivity index (χ4v) is 9.95. The first-order valence-corrected chi connectivity index (χ1v) is 20.5. The molecular formula is C36H50O6Si2. The van der Waals surface area contributed by atoms with E-state index in [4.69, 9.17) is 19.6 Å². The van der Waals surface area contributed by atoms with E-state index < -0.39 is 34.4 Å². The SMILES string of the molecule is C=C[Si](C=C)(CC)c1ccc(C(=O)OOC(CCCCCCCCC)OOC(=O)c2ccc([Si](C=C)(C=C)CC)cc2)cc1. The van der Waals surface area contributed by atoms with Gasteiger partial charge in [-0.05, 0) is 42.8 Å². The molecule has 0 fully saturated rings. The van der Waals surface area contributed by atoms with Gasteiger partial charge in [0.15, 0.2) is 0 Å². The number of benzene rings is 2. The topological polar surface area (TPSA) is 71.1 Å². The second kappa shape index (κ2) is 19.2. The van der Waals surface area contributed by atoms with Crippen LogP contribution in [0.3, 0.4) is 0 Å². The standard InChI is InChI=1S/C36H50O6Si2/c1-8-15-16-17-18-19-20-21-34(39-41-35(37)30-22-26-32(27-23-30)43(9-2,10-3)11-4)40-42-36(38)31-24-28-33(29-25-31)44(12-5,13-6)14-7/h9-10,12-13,22-29,34H,2-3,5-6,8,11,14-21H2,1,4,7H3. The maximum atomic E-state index is 12.8. The molecule has 0 N–H and O–H groups in total. The lowest BCUT2D eigenvalue weighted by Crippen LogP contribution is -2.43. The Morgan fingerprint density at radius 2 is 0.977 bits per heavy atom. The van der Waals surface area contributed by atoms with Crippen molar-refractivity contribution in [1.29, 1.82) is 0 Å². The molecule has 238 valence electrons. The first-order chi connectivity index (χ1) is 21.3. The monoisotopic (exact) mass is 634 g/mol. The average Bonchev–Trinajstić information content (AvgIpc) is 3.07. The summed E-state index contributed by atoms with van der Waals surface area (Å²) in [6.45, 7) is 22.4. The van der Waals surface area contributed by atoms with Crippen LogP contribution in [0.5, 0.6) is 0 Å². The van der Waals surface area contributed by atoms with Crippen molar-refractivity contribution in [3.63, 3.8) is 0 Å². The van der Waals surface area contributed by atoms with Gasteiger partial charge >= 0.3 is 11.9 Å². The van der Waals surface area contributed by atoms with Crippen molar-refractivity contribution in [2.75, 3.05) is 0 Å². The molecule has 0 atom stereocenters. The summed E-state index contributed by atoms with van der Waals surface area (Å²) in [6, 6.07) is 16.3. The van der Waals surface area contributed by atoms with Crippen LogP contribution in [-0.2, 0) is 19.6 Å². The van der Waals surface area contributed by atoms with Crippen molar-refractivity contribution in [2.45, 2.75) is 90.5 Å². The van der Waals surface area contributed by atoms with Crippen LogP contribution < -0.4 is 10.4 Å². The van der Waals surface area contributed by atoms with Gasteiger partial charge in [0.2, 0.25) is 6.29 Å². The van der Waals surface area contributed by atoms with Gasteiger partial charge in [-0.15, -0.1) is 36.1 Å². The van der Waals surface area contributed by atoms with Gasteiger partial charge in [0.25, 0.3) is 0 Å². The van der Waals surface area contributed by atoms with Gasteiger partial charge in [0.05, 0.1) is 11.1 Å². The summed E-state index contributed by atoms with van der Waals surface area (Å²) < 4.78 is 0. The van der Waals surface area contributed by atoms with Crippen LogP contribution in [0.1, 0.15) is 92.9 Å². The summed E-state index contributed by atoms with van der Waals surface area (Å²) in [7, 11) is -4.03. The lowest BCUT2D eigenvalue weighted by molar-refractivity contribution is -0.421. The second-order valence-corrected chi connectivity index (χ2v) is 19.4. The Hall–Kier alpha value is -3.31. The van der Waals surface area contributed by atoms with E-state index >= 15 is 0 Å². The minimum absolute atomic E-state index is 0.332. The molecule has 8 heteroatoms. The fraction of sp³-hybridized carbons (Fsp3) is 0.389. The zero-order valence-corrected chi connectivity index (χ0v) is 28.9. The van der Waals surface area contributed by atoms with E-state index in [9.17, 15) is 9.59 Å². The first-order valence-electron chi connectivity index (χ1n) is 15.8. The Morgan fingerprint density at radius 1 is 0.614 bits per heavy atom.